The number of aromatic hydroxyl groups is 1. The van der Waals surface area contributed by atoms with Crippen LogP contribution in [0.15, 0.2) is 71.7 Å². The van der Waals surface area contributed by atoms with Crippen LogP contribution in [0.1, 0.15) is 11.1 Å². The van der Waals surface area contributed by atoms with E-state index in [9.17, 15) is 9.90 Å². The number of nitrogens with zero attached hydrogens (tertiary/aromatic N) is 3. The second kappa shape index (κ2) is 7.70. The predicted octanol–water partition coefficient (Wildman–Crippen LogP) is 3.81. The highest BCUT2D eigenvalue weighted by Crippen LogP contribution is 2.16. The molecule has 0 unspecified atom stereocenters. The van der Waals surface area contributed by atoms with Crippen LogP contribution in [0.3, 0.4) is 0 Å². The van der Waals surface area contributed by atoms with E-state index in [4.69, 9.17) is 11.6 Å². The fourth-order valence-corrected chi connectivity index (χ4v) is 3.06. The van der Waals surface area contributed by atoms with Gasteiger partial charge >= 0.3 is 0 Å². The topological polar surface area (TPSA) is 80.0 Å². The lowest BCUT2D eigenvalue weighted by molar-refractivity contribution is 0.474. The number of aromatic nitrogens is 3. The molecule has 0 bridgehead atoms. The zero-order valence-electron chi connectivity index (χ0n) is 14.8. The smallest absolute Gasteiger partial charge is 0.252 e. The Morgan fingerprint density at radius 2 is 1.86 bits per heavy atom. The van der Waals surface area contributed by atoms with Crippen LogP contribution in [0.5, 0.6) is 5.75 Å². The normalized spacial score (nSPS) is 10.9. The molecule has 0 amide bonds. The zero-order valence-corrected chi connectivity index (χ0v) is 15.6. The first-order chi connectivity index (χ1) is 13.6. The number of phenols is 1. The second-order valence-electron chi connectivity index (χ2n) is 6.38. The minimum atomic E-state index is -0.168. The van der Waals surface area contributed by atoms with Gasteiger partial charge in [0.2, 0.25) is 5.95 Å². The number of halogens is 1. The van der Waals surface area contributed by atoms with E-state index in [0.717, 1.165) is 16.5 Å². The molecule has 0 fully saturated rings. The first kappa shape index (κ1) is 18.0. The molecule has 6 nitrogen and oxygen atoms in total. The Bertz CT molecular complexity index is 1190. The molecule has 2 N–H and O–H groups in total. The molecule has 4 aromatic rings. The molecule has 2 heterocycles. The molecule has 0 saturated heterocycles. The molecule has 4 rings (SSSR count). The number of phenolic OH excluding ortho intramolecular Hbond substituents is 1. The molecule has 0 radical (unpaired) electrons. The molecule has 7 heteroatoms. The highest BCUT2D eigenvalue weighted by atomic mass is 35.5. The molecule has 2 aromatic carbocycles. The summed E-state index contributed by atoms with van der Waals surface area (Å²) in [7, 11) is 0. The number of anilines is 1. The Morgan fingerprint density at radius 3 is 2.64 bits per heavy atom. The van der Waals surface area contributed by atoms with Gasteiger partial charge in [0.15, 0.2) is 0 Å². The Hall–Kier alpha value is -3.38. The third kappa shape index (κ3) is 3.97. The summed E-state index contributed by atoms with van der Waals surface area (Å²) in [5.74, 6) is 0.587. The first-order valence-electron chi connectivity index (χ1n) is 8.71. The second-order valence-corrected chi connectivity index (χ2v) is 6.82. The van der Waals surface area contributed by atoms with Gasteiger partial charge in [0.1, 0.15) is 11.4 Å². The van der Waals surface area contributed by atoms with Crippen LogP contribution in [0.25, 0.3) is 11.0 Å². The molecular formula is C21H17ClN4O2. The summed E-state index contributed by atoms with van der Waals surface area (Å²) in [6.07, 6.45) is 1.69. The minimum absolute atomic E-state index is 0.158. The SMILES string of the molecule is O=c1ccc2cnc(NCc3ccc(Cl)cc3)nc2n1Cc1cccc(O)c1. The van der Waals surface area contributed by atoms with Crippen molar-refractivity contribution in [1.29, 1.82) is 0 Å². The van der Waals surface area contributed by atoms with Gasteiger partial charge < -0.3 is 10.4 Å². The van der Waals surface area contributed by atoms with Gasteiger partial charge in [0.05, 0.1) is 6.54 Å². The van der Waals surface area contributed by atoms with E-state index in [1.807, 2.05) is 30.3 Å². The lowest BCUT2D eigenvalue weighted by Gasteiger charge is -2.11. The molecule has 0 aliphatic carbocycles. The van der Waals surface area contributed by atoms with Crippen molar-refractivity contribution in [2.75, 3.05) is 5.32 Å². The molecule has 28 heavy (non-hydrogen) atoms. The highest BCUT2D eigenvalue weighted by molar-refractivity contribution is 6.30. The lowest BCUT2D eigenvalue weighted by Crippen LogP contribution is -2.21. The summed E-state index contributed by atoms with van der Waals surface area (Å²) < 4.78 is 1.57. The van der Waals surface area contributed by atoms with Gasteiger partial charge in [0.25, 0.3) is 5.56 Å². The summed E-state index contributed by atoms with van der Waals surface area (Å²) in [5, 5.41) is 14.3. The summed E-state index contributed by atoms with van der Waals surface area (Å²) in [6.45, 7) is 0.838. The highest BCUT2D eigenvalue weighted by Gasteiger charge is 2.08. The van der Waals surface area contributed by atoms with E-state index in [-0.39, 0.29) is 11.3 Å². The van der Waals surface area contributed by atoms with Crippen molar-refractivity contribution < 1.29 is 5.11 Å². The van der Waals surface area contributed by atoms with Gasteiger partial charge in [-0.2, -0.15) is 4.98 Å². The summed E-state index contributed by atoms with van der Waals surface area (Å²) >= 11 is 5.91. The van der Waals surface area contributed by atoms with Gasteiger partial charge in [-0.05, 0) is 41.5 Å². The molecular weight excluding hydrogens is 376 g/mol. The monoisotopic (exact) mass is 392 g/mol. The van der Waals surface area contributed by atoms with Crippen LogP contribution < -0.4 is 10.9 Å². The molecule has 0 spiro atoms. The molecule has 0 atom stereocenters. The summed E-state index contributed by atoms with van der Waals surface area (Å²) in [4.78, 5) is 21.3. The van der Waals surface area contributed by atoms with E-state index in [2.05, 4.69) is 15.3 Å². The first-order valence-corrected chi connectivity index (χ1v) is 9.09. The Labute approximate surface area is 166 Å². The van der Waals surface area contributed by atoms with Gasteiger partial charge in [-0.1, -0.05) is 35.9 Å². The van der Waals surface area contributed by atoms with Crippen LogP contribution in [-0.2, 0) is 13.1 Å². The van der Waals surface area contributed by atoms with Crippen LogP contribution >= 0.6 is 11.6 Å². The van der Waals surface area contributed by atoms with Crippen LogP contribution in [-0.4, -0.2) is 19.6 Å². The number of benzene rings is 2. The predicted molar refractivity (Wildman–Crippen MR) is 110 cm³/mol. The summed E-state index contributed by atoms with van der Waals surface area (Å²) in [5.41, 5.74) is 2.21. The van der Waals surface area contributed by atoms with Crippen LogP contribution in [0.4, 0.5) is 5.95 Å². The van der Waals surface area contributed by atoms with E-state index in [1.165, 1.54) is 6.07 Å². The van der Waals surface area contributed by atoms with Gasteiger partial charge in [-0.3, -0.25) is 9.36 Å². The Balaban J connectivity index is 1.65. The van der Waals surface area contributed by atoms with Crippen molar-refractivity contribution in [3.05, 3.63) is 93.4 Å². The number of hydrogen-bond acceptors (Lipinski definition) is 5. The number of hydrogen-bond donors (Lipinski definition) is 2. The standard InChI is InChI=1S/C21H17ClN4O2/c22-17-7-4-14(5-8-17)11-23-21-24-12-16-6-9-19(28)26(20(16)25-21)13-15-2-1-3-18(27)10-15/h1-10,12,27H,11,13H2,(H,23,24,25). The average Bonchev–Trinajstić information content (AvgIpc) is 2.70. The van der Waals surface area contributed by atoms with Crippen molar-refractivity contribution in [1.82, 2.24) is 14.5 Å². The quantitative estimate of drug-likeness (QED) is 0.540. The maximum absolute atomic E-state index is 12.5. The van der Waals surface area contributed by atoms with Crippen molar-refractivity contribution in [3.8, 4) is 5.75 Å². The minimum Gasteiger partial charge on any atom is -0.508 e. The third-order valence-electron chi connectivity index (χ3n) is 4.34. The van der Waals surface area contributed by atoms with Crippen LogP contribution in [0, 0.1) is 0 Å². The van der Waals surface area contributed by atoms with Gasteiger partial charge in [-0.15, -0.1) is 0 Å². The number of pyridine rings is 1. The third-order valence-corrected chi connectivity index (χ3v) is 4.59. The fraction of sp³-hybridized carbons (Fsp3) is 0.0952. The van der Waals surface area contributed by atoms with Gasteiger partial charge in [0, 0.05) is 29.2 Å². The van der Waals surface area contributed by atoms with E-state index in [1.54, 1.807) is 35.0 Å². The fourth-order valence-electron chi connectivity index (χ4n) is 2.93. The summed E-state index contributed by atoms with van der Waals surface area (Å²) in [6, 6.07) is 17.5. The zero-order chi connectivity index (χ0) is 19.5. The number of fused-ring (bicyclic) bond motifs is 1. The van der Waals surface area contributed by atoms with Gasteiger partial charge in [-0.25, -0.2) is 4.98 Å². The lowest BCUT2D eigenvalue weighted by atomic mass is 10.2. The largest absolute Gasteiger partial charge is 0.508 e. The Kier molecular flexibility index (Phi) is 4.95. The number of nitrogens with one attached hydrogen (secondary N) is 1. The van der Waals surface area contributed by atoms with E-state index >= 15 is 0 Å². The van der Waals surface area contributed by atoms with Crippen LogP contribution in [0.2, 0.25) is 5.02 Å². The molecule has 0 aliphatic rings. The van der Waals surface area contributed by atoms with Crippen molar-refractivity contribution in [2.24, 2.45) is 0 Å². The number of rotatable bonds is 5. The average molecular weight is 393 g/mol. The van der Waals surface area contributed by atoms with Crippen molar-refractivity contribution in [3.63, 3.8) is 0 Å². The maximum atomic E-state index is 12.5. The Morgan fingerprint density at radius 1 is 1.04 bits per heavy atom. The van der Waals surface area contributed by atoms with E-state index in [0.29, 0.717) is 29.7 Å². The van der Waals surface area contributed by atoms with E-state index < -0.39 is 0 Å². The molecule has 0 aliphatic heterocycles. The van der Waals surface area contributed by atoms with Crippen molar-refractivity contribution >= 4 is 28.6 Å². The maximum Gasteiger partial charge on any atom is 0.252 e. The molecule has 2 aromatic heterocycles. The molecule has 140 valence electrons. The van der Waals surface area contributed by atoms with Crippen molar-refractivity contribution in [2.45, 2.75) is 13.1 Å². The molecule has 0 saturated carbocycles.